The number of aryl methyl sites for hydroxylation is 1. The first-order valence-electron chi connectivity index (χ1n) is 10.1. The molecule has 8 heteroatoms. The number of nitriles is 1. The third-order valence-corrected chi connectivity index (χ3v) is 6.25. The molecular formula is C23H21N7O. The van der Waals surface area contributed by atoms with Crippen molar-refractivity contribution in [2.24, 2.45) is 18.7 Å². The van der Waals surface area contributed by atoms with Gasteiger partial charge in [-0.05, 0) is 42.5 Å². The summed E-state index contributed by atoms with van der Waals surface area (Å²) < 4.78 is 3.77. The van der Waals surface area contributed by atoms with Gasteiger partial charge in [0.05, 0.1) is 22.7 Å². The first-order valence-corrected chi connectivity index (χ1v) is 10.1. The number of pyridine rings is 1. The van der Waals surface area contributed by atoms with Crippen molar-refractivity contribution in [2.75, 3.05) is 0 Å². The number of hydrogen-bond acceptors (Lipinski definition) is 5. The van der Waals surface area contributed by atoms with Crippen LogP contribution in [0.5, 0.6) is 0 Å². The summed E-state index contributed by atoms with van der Waals surface area (Å²) in [7, 11) is 1.95. The highest BCUT2D eigenvalue weighted by Gasteiger charge is 2.49. The van der Waals surface area contributed by atoms with Crippen LogP contribution in [0.2, 0.25) is 0 Å². The Morgan fingerprint density at radius 3 is 2.87 bits per heavy atom. The number of nitrogens with two attached hydrogens (primary N) is 1. The predicted molar refractivity (Wildman–Crippen MR) is 114 cm³/mol. The highest BCUT2D eigenvalue weighted by Crippen LogP contribution is 2.53. The molecule has 1 aromatic carbocycles. The highest BCUT2D eigenvalue weighted by atomic mass is 16.1. The molecule has 0 radical (unpaired) electrons. The minimum atomic E-state index is -0.504. The fourth-order valence-corrected chi connectivity index (χ4v) is 4.78. The van der Waals surface area contributed by atoms with Gasteiger partial charge in [-0.1, -0.05) is 18.2 Å². The van der Waals surface area contributed by atoms with E-state index < -0.39 is 5.91 Å². The van der Waals surface area contributed by atoms with Crippen LogP contribution in [0.4, 0.5) is 0 Å². The molecule has 2 N–H and O–H groups in total. The van der Waals surface area contributed by atoms with Crippen molar-refractivity contribution in [1.29, 1.82) is 5.26 Å². The van der Waals surface area contributed by atoms with Crippen LogP contribution >= 0.6 is 0 Å². The second kappa shape index (κ2) is 7.06. The van der Waals surface area contributed by atoms with Gasteiger partial charge in [0.15, 0.2) is 0 Å². The molecule has 1 fully saturated rings. The summed E-state index contributed by atoms with van der Waals surface area (Å²) in [5.74, 6) is 0.749. The normalized spacial score (nSPS) is 20.3. The largest absolute Gasteiger partial charge is 0.365 e. The van der Waals surface area contributed by atoms with Crippen molar-refractivity contribution >= 4 is 11.6 Å². The lowest BCUT2D eigenvalue weighted by Gasteiger charge is -2.46. The zero-order valence-electron chi connectivity index (χ0n) is 17.1. The molecule has 3 heterocycles. The summed E-state index contributed by atoms with van der Waals surface area (Å²) in [5.41, 5.74) is 8.99. The number of rotatable bonds is 5. The van der Waals surface area contributed by atoms with E-state index in [9.17, 15) is 4.79 Å². The first kappa shape index (κ1) is 19.0. The number of carbonyl (C=O) groups excluding carboxylic acids is 1. The Labute approximate surface area is 179 Å². The van der Waals surface area contributed by atoms with Gasteiger partial charge in [0, 0.05) is 31.4 Å². The molecule has 0 spiro atoms. The Bertz CT molecular complexity index is 1340. The van der Waals surface area contributed by atoms with E-state index >= 15 is 0 Å². The molecule has 8 nitrogen and oxygen atoms in total. The fourth-order valence-electron chi connectivity index (χ4n) is 4.78. The second-order valence-corrected chi connectivity index (χ2v) is 8.21. The first-order chi connectivity index (χ1) is 15.0. The van der Waals surface area contributed by atoms with Gasteiger partial charge in [-0.15, -0.1) is 10.2 Å². The lowest BCUT2D eigenvalue weighted by molar-refractivity contribution is 0.100. The number of imidazole rings is 1. The topological polar surface area (TPSA) is 115 Å². The average molecular weight is 411 g/mol. The average Bonchev–Trinajstić information content (AvgIpc) is 3.36. The van der Waals surface area contributed by atoms with Gasteiger partial charge in [0.2, 0.25) is 0 Å². The second-order valence-electron chi connectivity index (χ2n) is 8.21. The molecular weight excluding hydrogens is 390 g/mol. The Morgan fingerprint density at radius 1 is 1.32 bits per heavy atom. The lowest BCUT2D eigenvalue weighted by atomic mass is 9.57. The maximum absolute atomic E-state index is 11.8. The molecule has 0 unspecified atom stereocenters. The number of amides is 1. The zero-order chi connectivity index (χ0) is 21.6. The minimum Gasteiger partial charge on any atom is -0.365 e. The molecule has 1 aliphatic carbocycles. The zero-order valence-corrected chi connectivity index (χ0v) is 17.1. The Morgan fingerprint density at radius 2 is 2.16 bits per heavy atom. The number of benzene rings is 1. The SMILES string of the molecule is Cn1cnnc1C1(c2cccc(-c3cn4cccc(C(N)=O)c4n3)c2)CC(CC#N)C1. The molecule has 1 amide bonds. The Hall–Kier alpha value is -3.99. The standard InChI is InChI=1S/C23H21N7O/c1-29-14-26-28-22(29)23(11-15(12-23)7-8-24)17-5-2-4-16(10-17)19-13-30-9-3-6-18(20(25)31)21(30)27-19/h2-6,9-10,13-15H,7,11-12H2,1H3,(H2,25,31). The molecule has 0 saturated heterocycles. The van der Waals surface area contributed by atoms with E-state index in [1.807, 2.05) is 40.5 Å². The van der Waals surface area contributed by atoms with Crippen LogP contribution in [0.25, 0.3) is 16.9 Å². The molecule has 0 atom stereocenters. The van der Waals surface area contributed by atoms with E-state index in [0.717, 1.165) is 35.5 Å². The van der Waals surface area contributed by atoms with Gasteiger partial charge in [-0.2, -0.15) is 5.26 Å². The van der Waals surface area contributed by atoms with Crippen molar-refractivity contribution in [3.63, 3.8) is 0 Å². The molecule has 1 saturated carbocycles. The van der Waals surface area contributed by atoms with Gasteiger partial charge in [0.1, 0.15) is 17.8 Å². The fraction of sp³-hybridized carbons (Fsp3) is 0.261. The maximum atomic E-state index is 11.8. The van der Waals surface area contributed by atoms with E-state index in [1.54, 1.807) is 18.5 Å². The van der Waals surface area contributed by atoms with Crippen molar-refractivity contribution in [3.05, 3.63) is 72.1 Å². The molecule has 0 aliphatic heterocycles. The third kappa shape index (κ3) is 2.97. The summed E-state index contributed by atoms with van der Waals surface area (Å²) in [6.45, 7) is 0. The molecule has 31 heavy (non-hydrogen) atoms. The quantitative estimate of drug-likeness (QED) is 0.542. The summed E-state index contributed by atoms with van der Waals surface area (Å²) >= 11 is 0. The number of primary amides is 1. The monoisotopic (exact) mass is 411 g/mol. The molecule has 3 aromatic heterocycles. The van der Waals surface area contributed by atoms with Crippen LogP contribution in [-0.2, 0) is 12.5 Å². The van der Waals surface area contributed by atoms with Crippen LogP contribution in [0.15, 0.2) is 55.1 Å². The number of carbonyl (C=O) groups is 1. The third-order valence-electron chi connectivity index (χ3n) is 6.25. The Kier molecular flexibility index (Phi) is 4.33. The number of nitrogens with zero attached hydrogens (tertiary/aromatic N) is 6. The lowest BCUT2D eigenvalue weighted by Crippen LogP contribution is -2.44. The van der Waals surface area contributed by atoms with Crippen LogP contribution in [-0.4, -0.2) is 30.1 Å². The van der Waals surface area contributed by atoms with Crippen molar-refractivity contribution in [1.82, 2.24) is 24.1 Å². The summed E-state index contributed by atoms with van der Waals surface area (Å²) in [5, 5.41) is 17.6. The van der Waals surface area contributed by atoms with Gasteiger partial charge in [-0.25, -0.2) is 4.98 Å². The molecule has 0 bridgehead atoms. The molecule has 5 rings (SSSR count). The minimum absolute atomic E-state index is 0.277. The van der Waals surface area contributed by atoms with Crippen LogP contribution < -0.4 is 5.73 Å². The van der Waals surface area contributed by atoms with Gasteiger partial charge >= 0.3 is 0 Å². The summed E-state index contributed by atoms with van der Waals surface area (Å²) in [6.07, 6.45) is 7.71. The van der Waals surface area contributed by atoms with Crippen LogP contribution in [0.1, 0.15) is 41.0 Å². The van der Waals surface area contributed by atoms with Crippen LogP contribution in [0, 0.1) is 17.2 Å². The highest BCUT2D eigenvalue weighted by molar-refractivity contribution is 5.98. The molecule has 4 aromatic rings. The van der Waals surface area contributed by atoms with Crippen LogP contribution in [0.3, 0.4) is 0 Å². The summed E-state index contributed by atoms with van der Waals surface area (Å²) in [6, 6.07) is 14.0. The number of hydrogen-bond donors (Lipinski definition) is 1. The van der Waals surface area contributed by atoms with Crippen molar-refractivity contribution in [2.45, 2.75) is 24.7 Å². The van der Waals surface area contributed by atoms with Crippen molar-refractivity contribution in [3.8, 4) is 17.3 Å². The van der Waals surface area contributed by atoms with Gasteiger partial charge in [-0.3, -0.25) is 4.79 Å². The van der Waals surface area contributed by atoms with E-state index in [1.165, 1.54) is 0 Å². The van der Waals surface area contributed by atoms with E-state index in [0.29, 0.717) is 23.5 Å². The number of aromatic nitrogens is 5. The molecule has 154 valence electrons. The van der Waals surface area contributed by atoms with Gasteiger partial charge in [0.25, 0.3) is 5.91 Å². The summed E-state index contributed by atoms with van der Waals surface area (Å²) in [4.78, 5) is 16.5. The Balaban J connectivity index is 1.59. The van der Waals surface area contributed by atoms with E-state index in [4.69, 9.17) is 11.0 Å². The van der Waals surface area contributed by atoms with E-state index in [2.05, 4.69) is 33.4 Å². The number of fused-ring (bicyclic) bond motifs is 1. The molecule has 1 aliphatic rings. The maximum Gasteiger partial charge on any atom is 0.252 e. The van der Waals surface area contributed by atoms with E-state index in [-0.39, 0.29) is 5.41 Å². The predicted octanol–water partition coefficient (Wildman–Crippen LogP) is 2.84. The smallest absolute Gasteiger partial charge is 0.252 e. The van der Waals surface area contributed by atoms with Crippen molar-refractivity contribution < 1.29 is 4.79 Å². The van der Waals surface area contributed by atoms with Gasteiger partial charge < -0.3 is 14.7 Å².